The van der Waals surface area contributed by atoms with Crippen LogP contribution in [0.2, 0.25) is 0 Å². The zero-order chi connectivity index (χ0) is 24.3. The summed E-state index contributed by atoms with van der Waals surface area (Å²) in [5.41, 5.74) is 1.02. The lowest BCUT2D eigenvalue weighted by molar-refractivity contribution is 0.278. The van der Waals surface area contributed by atoms with Crippen LogP contribution < -0.4 is 4.90 Å². The Morgan fingerprint density at radius 2 is 1.63 bits per heavy atom. The molecule has 0 radical (unpaired) electrons. The largest absolute Gasteiger partial charge is 0.368 e. The lowest BCUT2D eigenvalue weighted by Gasteiger charge is -2.37. The molecule has 1 unspecified atom stereocenters. The quantitative estimate of drug-likeness (QED) is 0.532. The first-order chi connectivity index (χ1) is 16.9. The van der Waals surface area contributed by atoms with Gasteiger partial charge in [-0.25, -0.2) is 17.2 Å². The van der Waals surface area contributed by atoms with E-state index in [1.807, 2.05) is 34.6 Å². The van der Waals surface area contributed by atoms with Crippen LogP contribution in [0.4, 0.5) is 14.5 Å². The third-order valence-electron chi connectivity index (χ3n) is 7.93. The van der Waals surface area contributed by atoms with E-state index in [0.29, 0.717) is 43.8 Å². The van der Waals surface area contributed by atoms with Crippen molar-refractivity contribution >= 4 is 15.7 Å². The Labute approximate surface area is 203 Å². The molecule has 3 aromatic rings. The van der Waals surface area contributed by atoms with Crippen LogP contribution in [0.5, 0.6) is 0 Å². The first-order valence-corrected chi connectivity index (χ1v) is 13.5. The molecule has 10 heteroatoms. The van der Waals surface area contributed by atoms with Crippen LogP contribution >= 0.6 is 0 Å². The second-order valence-electron chi connectivity index (χ2n) is 9.92. The van der Waals surface area contributed by atoms with Crippen LogP contribution in [0.25, 0.3) is 0 Å². The van der Waals surface area contributed by atoms with Gasteiger partial charge in [0, 0.05) is 49.1 Å². The average molecular weight is 500 g/mol. The zero-order valence-corrected chi connectivity index (χ0v) is 20.2. The molecule has 2 aliphatic heterocycles. The molecule has 1 aliphatic carbocycles. The van der Waals surface area contributed by atoms with Gasteiger partial charge < -0.3 is 9.47 Å². The van der Waals surface area contributed by atoms with Crippen LogP contribution in [-0.2, 0) is 16.6 Å². The Kier molecular flexibility index (Phi) is 5.41. The summed E-state index contributed by atoms with van der Waals surface area (Å²) < 4.78 is 60.7. The van der Waals surface area contributed by atoms with Gasteiger partial charge in [0.1, 0.15) is 17.9 Å². The number of hydrogen-bond donors (Lipinski definition) is 0. The van der Waals surface area contributed by atoms with Gasteiger partial charge in [-0.3, -0.25) is 0 Å². The third-order valence-corrected chi connectivity index (χ3v) is 10.3. The summed E-state index contributed by atoms with van der Waals surface area (Å²) in [6.45, 7) is 2.92. The van der Waals surface area contributed by atoms with Gasteiger partial charge in [0.05, 0.1) is 5.69 Å². The second-order valence-corrected chi connectivity index (χ2v) is 12.0. The van der Waals surface area contributed by atoms with Gasteiger partial charge in [0.25, 0.3) is 0 Å². The number of benzene rings is 2. The molecule has 7 nitrogen and oxygen atoms in total. The molecule has 5 atom stereocenters. The lowest BCUT2D eigenvalue weighted by atomic mass is 10.0. The fraction of sp³-hybridized carbons (Fsp3) is 0.440. The van der Waals surface area contributed by atoms with Crippen LogP contribution in [0.3, 0.4) is 0 Å². The first kappa shape index (κ1) is 22.6. The number of fused-ring (bicyclic) bond motifs is 1. The van der Waals surface area contributed by atoms with Crippen molar-refractivity contribution in [2.75, 3.05) is 18.0 Å². The van der Waals surface area contributed by atoms with Gasteiger partial charge in [0.2, 0.25) is 10.0 Å². The van der Waals surface area contributed by atoms with Crippen molar-refractivity contribution in [1.29, 1.82) is 0 Å². The van der Waals surface area contributed by atoms with Gasteiger partial charge in [-0.1, -0.05) is 36.4 Å². The Hall–Kier alpha value is -2.85. The Bertz CT molecular complexity index is 1320. The highest BCUT2D eigenvalue weighted by molar-refractivity contribution is 7.89. The van der Waals surface area contributed by atoms with E-state index in [-0.39, 0.29) is 23.8 Å². The SMILES string of the molecule is C[C@H]1CC[C@H](c2ccccc2)S(=O)(=O)N1Cc1ccc(N2C[C@@H]3C(n4cnnc4)[C@@H]3C2)c(F)c1F. The second kappa shape index (κ2) is 8.37. The van der Waals surface area contributed by atoms with Crippen molar-refractivity contribution in [3.8, 4) is 0 Å². The minimum Gasteiger partial charge on any atom is -0.368 e. The van der Waals surface area contributed by atoms with Crippen LogP contribution in [0, 0.1) is 23.5 Å². The number of anilines is 1. The molecule has 0 amide bonds. The van der Waals surface area contributed by atoms with Gasteiger partial charge in [0.15, 0.2) is 11.6 Å². The van der Waals surface area contributed by atoms with Crippen LogP contribution in [-0.4, -0.2) is 46.6 Å². The Morgan fingerprint density at radius 3 is 2.31 bits per heavy atom. The molecule has 6 rings (SSSR count). The van der Waals surface area contributed by atoms with Crippen molar-refractivity contribution < 1.29 is 17.2 Å². The maximum absolute atomic E-state index is 15.2. The smallest absolute Gasteiger partial charge is 0.221 e. The van der Waals surface area contributed by atoms with Crippen molar-refractivity contribution in [1.82, 2.24) is 19.1 Å². The lowest BCUT2D eigenvalue weighted by Crippen LogP contribution is -2.44. The molecule has 3 fully saturated rings. The summed E-state index contributed by atoms with van der Waals surface area (Å²) in [4.78, 5) is 1.88. The number of aromatic nitrogens is 3. The molecule has 3 heterocycles. The first-order valence-electron chi connectivity index (χ1n) is 12.0. The highest BCUT2D eigenvalue weighted by atomic mass is 32.2. The van der Waals surface area contributed by atoms with E-state index < -0.39 is 26.9 Å². The molecular weight excluding hydrogens is 472 g/mol. The molecule has 2 saturated heterocycles. The van der Waals surface area contributed by atoms with Crippen molar-refractivity contribution in [2.45, 2.75) is 43.6 Å². The van der Waals surface area contributed by atoms with Gasteiger partial charge in [-0.2, -0.15) is 4.31 Å². The zero-order valence-electron chi connectivity index (χ0n) is 19.3. The monoisotopic (exact) mass is 499 g/mol. The highest BCUT2D eigenvalue weighted by Crippen LogP contribution is 2.56. The summed E-state index contributed by atoms with van der Waals surface area (Å²) in [7, 11) is -3.73. The molecule has 35 heavy (non-hydrogen) atoms. The normalized spacial score (nSPS) is 29.8. The number of nitrogens with zero attached hydrogens (tertiary/aromatic N) is 5. The Balaban J connectivity index is 1.21. The van der Waals surface area contributed by atoms with E-state index in [1.54, 1.807) is 30.9 Å². The summed E-state index contributed by atoms with van der Waals surface area (Å²) in [6, 6.07) is 12.2. The topological polar surface area (TPSA) is 71.3 Å². The number of piperidine rings is 1. The molecule has 0 spiro atoms. The molecule has 3 aliphatic rings. The van der Waals surface area contributed by atoms with Crippen molar-refractivity contribution in [3.05, 3.63) is 77.9 Å². The highest BCUT2D eigenvalue weighted by Gasteiger charge is 2.57. The van der Waals surface area contributed by atoms with Crippen LogP contribution in [0.15, 0.2) is 55.1 Å². The van der Waals surface area contributed by atoms with E-state index in [0.717, 1.165) is 5.56 Å². The number of hydrogen-bond acceptors (Lipinski definition) is 5. The van der Waals surface area contributed by atoms with Gasteiger partial charge in [-0.15, -0.1) is 10.2 Å². The van der Waals surface area contributed by atoms with E-state index in [2.05, 4.69) is 10.2 Å². The molecule has 0 bridgehead atoms. The van der Waals surface area contributed by atoms with Crippen molar-refractivity contribution in [2.24, 2.45) is 11.8 Å². The fourth-order valence-corrected chi connectivity index (χ4v) is 8.15. The molecule has 2 aromatic carbocycles. The fourth-order valence-electron chi connectivity index (χ4n) is 5.96. The average Bonchev–Trinajstić information content (AvgIpc) is 3.22. The minimum atomic E-state index is -3.73. The van der Waals surface area contributed by atoms with E-state index in [4.69, 9.17) is 0 Å². The summed E-state index contributed by atoms with van der Waals surface area (Å²) >= 11 is 0. The van der Waals surface area contributed by atoms with Crippen molar-refractivity contribution in [3.63, 3.8) is 0 Å². The molecule has 184 valence electrons. The molecule has 0 N–H and O–H groups in total. The standard InChI is InChI=1S/C25H27F2N5O2S/c1-16-7-10-22(17-5-3-2-4-6-17)35(33,34)32(16)11-18-8-9-21(24(27)23(18)26)30-12-19-20(13-30)25(19)31-14-28-29-15-31/h2-6,8-9,14-16,19-20,22,25H,7,10-13H2,1H3/t16-,19-,20+,22+,25?/m0/s1. The predicted octanol–water partition coefficient (Wildman–Crippen LogP) is 3.92. The molecule has 1 aromatic heterocycles. The van der Waals surface area contributed by atoms with Gasteiger partial charge in [-0.05, 0) is 31.4 Å². The maximum atomic E-state index is 15.2. The summed E-state index contributed by atoms with van der Waals surface area (Å²) in [5.74, 6) is -1.15. The Morgan fingerprint density at radius 1 is 0.943 bits per heavy atom. The number of sulfonamides is 1. The third kappa shape index (κ3) is 3.74. The minimum absolute atomic E-state index is 0.0575. The maximum Gasteiger partial charge on any atom is 0.221 e. The molecule has 1 saturated carbocycles. The van der Waals surface area contributed by atoms with Crippen LogP contribution in [0.1, 0.15) is 42.2 Å². The number of halogens is 2. The molecular formula is C25H27F2N5O2S. The predicted molar refractivity (Wildman–Crippen MR) is 127 cm³/mol. The number of rotatable bonds is 5. The van der Waals surface area contributed by atoms with E-state index in [1.165, 1.54) is 10.4 Å². The van der Waals surface area contributed by atoms with E-state index >= 15 is 8.78 Å². The van der Waals surface area contributed by atoms with Gasteiger partial charge >= 0.3 is 0 Å². The summed E-state index contributed by atoms with van der Waals surface area (Å²) in [6.07, 6.45) is 4.55. The summed E-state index contributed by atoms with van der Waals surface area (Å²) in [5, 5.41) is 7.02. The van der Waals surface area contributed by atoms with E-state index in [9.17, 15) is 8.42 Å².